The summed E-state index contributed by atoms with van der Waals surface area (Å²) in [6.07, 6.45) is 4.08. The molecule has 0 aliphatic rings. The minimum absolute atomic E-state index is 0.236. The van der Waals surface area contributed by atoms with Crippen molar-refractivity contribution in [3.63, 3.8) is 0 Å². The van der Waals surface area contributed by atoms with Gasteiger partial charge in [0.25, 0.3) is 5.91 Å². The normalized spacial score (nSPS) is 10.7. The van der Waals surface area contributed by atoms with Gasteiger partial charge in [0, 0.05) is 30.3 Å². The average molecular weight is 326 g/mol. The summed E-state index contributed by atoms with van der Waals surface area (Å²) in [7, 11) is 0. The molecular weight excluding hydrogens is 308 g/mol. The molecule has 0 unspecified atom stereocenters. The summed E-state index contributed by atoms with van der Waals surface area (Å²) in [4.78, 5) is 12.0. The van der Waals surface area contributed by atoms with E-state index in [1.807, 2.05) is 30.3 Å². The molecule has 3 aromatic rings. The van der Waals surface area contributed by atoms with E-state index in [2.05, 4.69) is 20.9 Å². The summed E-state index contributed by atoms with van der Waals surface area (Å²) < 4.78 is 9.96. The lowest BCUT2D eigenvalue weighted by Crippen LogP contribution is -2.27. The third-order valence-corrected chi connectivity index (χ3v) is 3.43. The lowest BCUT2D eigenvalue weighted by Gasteiger charge is -2.04. The maximum atomic E-state index is 12.0. The fourth-order valence-electron chi connectivity index (χ4n) is 2.17. The van der Waals surface area contributed by atoms with Crippen molar-refractivity contribution in [3.8, 4) is 11.3 Å². The second kappa shape index (κ2) is 8.07. The lowest BCUT2D eigenvalue weighted by molar-refractivity contribution is 0.0944. The summed E-state index contributed by atoms with van der Waals surface area (Å²) in [6.45, 7) is 2.03. The third-order valence-electron chi connectivity index (χ3n) is 3.43. The number of hydrogen-bond acceptors (Lipinski definition) is 6. The number of hydrogen-bond donors (Lipinski definition) is 2. The number of carbonyl (C=O) groups is 1. The number of rotatable bonds is 8. The summed E-state index contributed by atoms with van der Waals surface area (Å²) in [5.74, 6) is 0.344. The molecule has 0 atom stereocenters. The number of nitrogens with zero attached hydrogens (tertiary/aromatic N) is 2. The Bertz CT molecular complexity index is 753. The fraction of sp³-hybridized carbons (Fsp3) is 0.235. The SMILES string of the molecule is O=C(NCCCNCc1cnoc1)c1cc(-c2ccccc2)on1. The maximum Gasteiger partial charge on any atom is 0.273 e. The highest BCUT2D eigenvalue weighted by atomic mass is 16.5. The molecule has 0 spiro atoms. The smallest absolute Gasteiger partial charge is 0.273 e. The van der Waals surface area contributed by atoms with Crippen LogP contribution in [0.2, 0.25) is 0 Å². The molecule has 0 aliphatic heterocycles. The highest BCUT2D eigenvalue weighted by Crippen LogP contribution is 2.19. The molecule has 0 radical (unpaired) electrons. The van der Waals surface area contributed by atoms with Crippen LogP contribution in [0, 0.1) is 0 Å². The van der Waals surface area contributed by atoms with Crippen LogP contribution in [0.3, 0.4) is 0 Å². The van der Waals surface area contributed by atoms with Gasteiger partial charge in [0.2, 0.25) is 0 Å². The molecule has 1 amide bonds. The monoisotopic (exact) mass is 326 g/mol. The maximum absolute atomic E-state index is 12.0. The standard InChI is InChI=1S/C17H18N4O3/c22-17(19-8-4-7-18-10-13-11-20-23-12-13)15-9-16(24-21-15)14-5-2-1-3-6-14/h1-3,5-6,9,11-12,18H,4,7-8,10H2,(H,19,22). The zero-order valence-corrected chi connectivity index (χ0v) is 13.1. The Morgan fingerprint density at radius 3 is 2.83 bits per heavy atom. The first kappa shape index (κ1) is 15.9. The van der Waals surface area contributed by atoms with Crippen molar-refractivity contribution in [3.05, 3.63) is 60.1 Å². The molecule has 124 valence electrons. The molecule has 0 bridgehead atoms. The predicted molar refractivity (Wildman–Crippen MR) is 87.1 cm³/mol. The molecule has 0 saturated heterocycles. The van der Waals surface area contributed by atoms with Gasteiger partial charge in [0.15, 0.2) is 11.5 Å². The Labute approximate surface area is 139 Å². The lowest BCUT2D eigenvalue weighted by atomic mass is 10.1. The van der Waals surface area contributed by atoms with Crippen LogP contribution in [0.5, 0.6) is 0 Å². The first-order chi connectivity index (χ1) is 11.8. The van der Waals surface area contributed by atoms with Crippen molar-refractivity contribution in [2.24, 2.45) is 0 Å². The Kier molecular flexibility index (Phi) is 5.36. The largest absolute Gasteiger partial charge is 0.364 e. The van der Waals surface area contributed by atoms with E-state index in [9.17, 15) is 4.79 Å². The van der Waals surface area contributed by atoms with Gasteiger partial charge in [-0.05, 0) is 13.0 Å². The Hall–Kier alpha value is -2.93. The van der Waals surface area contributed by atoms with Crippen LogP contribution in [0.25, 0.3) is 11.3 Å². The molecule has 0 aliphatic carbocycles. The van der Waals surface area contributed by atoms with Gasteiger partial charge in [-0.2, -0.15) is 0 Å². The first-order valence-electron chi connectivity index (χ1n) is 7.72. The van der Waals surface area contributed by atoms with Crippen LogP contribution in [-0.2, 0) is 6.54 Å². The third kappa shape index (κ3) is 4.30. The second-order valence-electron chi connectivity index (χ2n) is 5.26. The van der Waals surface area contributed by atoms with Gasteiger partial charge in [0.05, 0.1) is 6.20 Å². The molecule has 2 heterocycles. The van der Waals surface area contributed by atoms with Crippen molar-refractivity contribution in [2.75, 3.05) is 13.1 Å². The van der Waals surface area contributed by atoms with Gasteiger partial charge in [-0.25, -0.2) is 0 Å². The van der Waals surface area contributed by atoms with Crippen LogP contribution in [0.4, 0.5) is 0 Å². The number of aromatic nitrogens is 2. The summed E-state index contributed by atoms with van der Waals surface area (Å²) in [5.41, 5.74) is 2.17. The molecule has 7 nitrogen and oxygen atoms in total. The zero-order chi connectivity index (χ0) is 16.6. The van der Waals surface area contributed by atoms with Crippen molar-refractivity contribution in [2.45, 2.75) is 13.0 Å². The van der Waals surface area contributed by atoms with E-state index in [1.165, 1.54) is 0 Å². The average Bonchev–Trinajstić information content (AvgIpc) is 3.30. The van der Waals surface area contributed by atoms with Gasteiger partial charge in [-0.1, -0.05) is 40.6 Å². The second-order valence-corrected chi connectivity index (χ2v) is 5.26. The Morgan fingerprint density at radius 1 is 1.17 bits per heavy atom. The van der Waals surface area contributed by atoms with Crippen LogP contribution in [0.15, 0.2) is 57.9 Å². The number of nitrogens with one attached hydrogen (secondary N) is 2. The van der Waals surface area contributed by atoms with Gasteiger partial charge in [0.1, 0.15) is 6.26 Å². The van der Waals surface area contributed by atoms with E-state index < -0.39 is 0 Å². The molecular formula is C17H18N4O3. The van der Waals surface area contributed by atoms with Crippen molar-refractivity contribution >= 4 is 5.91 Å². The number of carbonyl (C=O) groups excluding carboxylic acids is 1. The van der Waals surface area contributed by atoms with Crippen molar-refractivity contribution in [1.82, 2.24) is 20.9 Å². The van der Waals surface area contributed by atoms with Crippen LogP contribution >= 0.6 is 0 Å². The van der Waals surface area contributed by atoms with Crippen molar-refractivity contribution in [1.29, 1.82) is 0 Å². The summed E-state index contributed by atoms with van der Waals surface area (Å²) >= 11 is 0. The molecule has 7 heteroatoms. The van der Waals surface area contributed by atoms with E-state index in [-0.39, 0.29) is 11.6 Å². The quantitative estimate of drug-likeness (QED) is 0.617. The molecule has 2 aromatic heterocycles. The summed E-state index contributed by atoms with van der Waals surface area (Å²) in [5, 5.41) is 13.5. The van der Waals surface area contributed by atoms with Crippen LogP contribution in [-0.4, -0.2) is 29.3 Å². The number of amides is 1. The van der Waals surface area contributed by atoms with E-state index in [1.54, 1.807) is 18.5 Å². The van der Waals surface area contributed by atoms with Crippen molar-refractivity contribution < 1.29 is 13.8 Å². The predicted octanol–water partition coefficient (Wildman–Crippen LogP) is 2.24. The summed E-state index contributed by atoms with van der Waals surface area (Å²) in [6, 6.07) is 11.2. The Balaban J connectivity index is 1.38. The van der Waals surface area contributed by atoms with E-state index >= 15 is 0 Å². The van der Waals surface area contributed by atoms with Gasteiger partial charge < -0.3 is 19.7 Å². The molecule has 0 saturated carbocycles. The van der Waals surface area contributed by atoms with E-state index in [0.717, 1.165) is 24.1 Å². The van der Waals surface area contributed by atoms with Crippen LogP contribution < -0.4 is 10.6 Å². The van der Waals surface area contributed by atoms with E-state index in [4.69, 9.17) is 9.05 Å². The zero-order valence-electron chi connectivity index (χ0n) is 13.1. The molecule has 1 aromatic carbocycles. The first-order valence-corrected chi connectivity index (χ1v) is 7.72. The topological polar surface area (TPSA) is 93.2 Å². The molecule has 3 rings (SSSR count). The van der Waals surface area contributed by atoms with Crippen LogP contribution in [0.1, 0.15) is 22.5 Å². The molecule has 0 fully saturated rings. The van der Waals surface area contributed by atoms with E-state index in [0.29, 0.717) is 18.8 Å². The number of benzene rings is 1. The minimum atomic E-state index is -0.236. The molecule has 24 heavy (non-hydrogen) atoms. The Morgan fingerprint density at radius 2 is 2.04 bits per heavy atom. The highest BCUT2D eigenvalue weighted by Gasteiger charge is 2.12. The van der Waals surface area contributed by atoms with Gasteiger partial charge in [-0.15, -0.1) is 0 Å². The highest BCUT2D eigenvalue weighted by molar-refractivity contribution is 5.93. The van der Waals surface area contributed by atoms with Gasteiger partial charge in [-0.3, -0.25) is 4.79 Å². The minimum Gasteiger partial charge on any atom is -0.364 e. The fourth-order valence-corrected chi connectivity index (χ4v) is 2.17. The van der Waals surface area contributed by atoms with Gasteiger partial charge >= 0.3 is 0 Å². The molecule has 2 N–H and O–H groups in total.